The Morgan fingerprint density at radius 3 is 2.55 bits per heavy atom. The van der Waals surface area contributed by atoms with Crippen LogP contribution in [0.5, 0.6) is 0 Å². The van der Waals surface area contributed by atoms with Crippen LogP contribution in [0.25, 0.3) is 0 Å². The summed E-state index contributed by atoms with van der Waals surface area (Å²) in [5.74, 6) is 1.77. The van der Waals surface area contributed by atoms with Gasteiger partial charge in [-0.25, -0.2) is 8.78 Å². The maximum atomic E-state index is 11.9. The molecule has 0 spiro atoms. The first-order valence-electron chi connectivity index (χ1n) is 3.70. The second kappa shape index (κ2) is 4.26. The summed E-state index contributed by atoms with van der Waals surface area (Å²) in [7, 11) is 0. The van der Waals surface area contributed by atoms with Gasteiger partial charge < -0.3 is 5.11 Å². The number of alkyl halides is 2. The van der Waals surface area contributed by atoms with Crippen LogP contribution in [0.15, 0.2) is 0 Å². The molecule has 1 aliphatic heterocycles. The van der Waals surface area contributed by atoms with Gasteiger partial charge in [-0.15, -0.1) is 0 Å². The lowest BCUT2D eigenvalue weighted by molar-refractivity contribution is 0.0965. The summed E-state index contributed by atoms with van der Waals surface area (Å²) < 4.78 is 23.8. The maximum absolute atomic E-state index is 11.9. The van der Waals surface area contributed by atoms with Crippen molar-refractivity contribution >= 4 is 11.8 Å². The minimum Gasteiger partial charge on any atom is -0.396 e. The highest BCUT2D eigenvalue weighted by molar-refractivity contribution is 7.99. The topological polar surface area (TPSA) is 20.2 Å². The highest BCUT2D eigenvalue weighted by Gasteiger charge is 2.29. The van der Waals surface area contributed by atoms with Crippen molar-refractivity contribution in [3.63, 3.8) is 0 Å². The highest BCUT2D eigenvalue weighted by Crippen LogP contribution is 2.33. The summed E-state index contributed by atoms with van der Waals surface area (Å²) in [5.41, 5.74) is 0. The number of aliphatic hydroxyl groups is 1. The van der Waals surface area contributed by atoms with Crippen LogP contribution in [0, 0.1) is 11.8 Å². The average molecular weight is 182 g/mol. The van der Waals surface area contributed by atoms with Crippen LogP contribution in [0.3, 0.4) is 0 Å². The van der Waals surface area contributed by atoms with Gasteiger partial charge in [0.2, 0.25) is 6.43 Å². The minimum absolute atomic E-state index is 0.0324. The van der Waals surface area contributed by atoms with E-state index in [0.717, 1.165) is 11.5 Å². The number of halogens is 2. The van der Waals surface area contributed by atoms with Crippen molar-refractivity contribution in [1.82, 2.24) is 0 Å². The Kier molecular flexibility index (Phi) is 3.59. The van der Waals surface area contributed by atoms with Crippen molar-refractivity contribution < 1.29 is 13.9 Å². The highest BCUT2D eigenvalue weighted by atomic mass is 32.2. The first-order valence-corrected chi connectivity index (χ1v) is 4.86. The number of rotatable bonds is 3. The monoisotopic (exact) mass is 182 g/mol. The molecule has 0 amide bonds. The minimum atomic E-state index is -2.22. The predicted molar refractivity (Wildman–Crippen MR) is 42.0 cm³/mol. The molecule has 2 atom stereocenters. The molecule has 0 bridgehead atoms. The number of thioether (sulfide) groups is 1. The molecule has 0 aromatic heterocycles. The van der Waals surface area contributed by atoms with Crippen LogP contribution in [0.1, 0.15) is 6.42 Å². The lowest BCUT2D eigenvalue weighted by Crippen LogP contribution is -2.18. The van der Waals surface area contributed by atoms with E-state index in [1.165, 1.54) is 0 Å². The summed E-state index contributed by atoms with van der Waals surface area (Å²) >= 11 is 1.66. The predicted octanol–water partition coefficient (Wildman–Crippen LogP) is 1.61. The smallest absolute Gasteiger partial charge is 0.238 e. The van der Waals surface area contributed by atoms with Crippen LogP contribution in [0.4, 0.5) is 8.78 Å². The first kappa shape index (κ1) is 9.26. The average Bonchev–Trinajstić information content (AvgIpc) is 2.34. The van der Waals surface area contributed by atoms with Gasteiger partial charge in [0.25, 0.3) is 0 Å². The summed E-state index contributed by atoms with van der Waals surface area (Å²) in [6.07, 6.45) is -2.26. The van der Waals surface area contributed by atoms with E-state index in [-0.39, 0.29) is 24.9 Å². The lowest BCUT2D eigenvalue weighted by atomic mass is 9.94. The molecular formula is C7H12F2OS. The van der Waals surface area contributed by atoms with Gasteiger partial charge in [-0.05, 0) is 23.3 Å². The fraction of sp³-hybridized carbons (Fsp3) is 1.00. The van der Waals surface area contributed by atoms with E-state index in [1.807, 2.05) is 0 Å². The van der Waals surface area contributed by atoms with Crippen molar-refractivity contribution in [1.29, 1.82) is 0 Å². The third-order valence-electron chi connectivity index (χ3n) is 2.05. The van der Waals surface area contributed by atoms with Crippen molar-refractivity contribution in [2.75, 3.05) is 18.1 Å². The van der Waals surface area contributed by atoms with Crippen LogP contribution in [0.2, 0.25) is 0 Å². The molecule has 1 nitrogen and oxygen atoms in total. The van der Waals surface area contributed by atoms with E-state index in [9.17, 15) is 8.78 Å². The Bertz CT molecular complexity index is 121. The van der Waals surface area contributed by atoms with Crippen LogP contribution >= 0.6 is 11.8 Å². The fourth-order valence-electron chi connectivity index (χ4n) is 1.33. The van der Waals surface area contributed by atoms with Gasteiger partial charge in [-0.2, -0.15) is 11.8 Å². The molecule has 11 heavy (non-hydrogen) atoms. The Morgan fingerprint density at radius 2 is 2.00 bits per heavy atom. The Hall–Kier alpha value is 0.170. The molecule has 0 saturated carbocycles. The van der Waals surface area contributed by atoms with Gasteiger partial charge in [0.05, 0.1) is 0 Å². The molecule has 1 heterocycles. The summed E-state index contributed by atoms with van der Waals surface area (Å²) in [4.78, 5) is 0. The molecule has 1 saturated heterocycles. The van der Waals surface area contributed by atoms with Gasteiger partial charge in [-0.1, -0.05) is 0 Å². The Balaban J connectivity index is 2.31. The van der Waals surface area contributed by atoms with E-state index in [4.69, 9.17) is 5.11 Å². The molecule has 4 heteroatoms. The van der Waals surface area contributed by atoms with Crippen molar-refractivity contribution in [3.05, 3.63) is 0 Å². The largest absolute Gasteiger partial charge is 0.396 e. The molecule has 1 rings (SSSR count). The normalized spacial score (nSPS) is 31.6. The SMILES string of the molecule is OCC1CSCC1CC(F)F. The fourth-order valence-corrected chi connectivity index (χ4v) is 2.86. The van der Waals surface area contributed by atoms with Gasteiger partial charge in [0, 0.05) is 13.0 Å². The van der Waals surface area contributed by atoms with Crippen molar-refractivity contribution in [2.24, 2.45) is 11.8 Å². The van der Waals surface area contributed by atoms with Gasteiger partial charge in [-0.3, -0.25) is 0 Å². The molecular weight excluding hydrogens is 170 g/mol. The van der Waals surface area contributed by atoms with Crippen LogP contribution < -0.4 is 0 Å². The molecule has 2 unspecified atom stereocenters. The van der Waals surface area contributed by atoms with Crippen molar-refractivity contribution in [3.8, 4) is 0 Å². The van der Waals surface area contributed by atoms with Gasteiger partial charge in [0.1, 0.15) is 0 Å². The van der Waals surface area contributed by atoms with E-state index < -0.39 is 6.43 Å². The summed E-state index contributed by atoms with van der Waals surface area (Å²) in [6.45, 7) is 0.0599. The standard InChI is InChI=1S/C7H12F2OS/c8-7(9)1-5-3-11-4-6(5)2-10/h5-7,10H,1-4H2. The molecule has 1 N–H and O–H groups in total. The van der Waals surface area contributed by atoms with Crippen LogP contribution in [-0.2, 0) is 0 Å². The lowest BCUT2D eigenvalue weighted by Gasteiger charge is -2.14. The van der Waals surface area contributed by atoms with Gasteiger partial charge >= 0.3 is 0 Å². The van der Waals surface area contributed by atoms with E-state index in [2.05, 4.69) is 0 Å². The molecule has 0 aromatic carbocycles. The third kappa shape index (κ3) is 2.60. The quantitative estimate of drug-likeness (QED) is 0.715. The maximum Gasteiger partial charge on any atom is 0.238 e. The second-order valence-electron chi connectivity index (χ2n) is 2.87. The van der Waals surface area contributed by atoms with Crippen molar-refractivity contribution in [2.45, 2.75) is 12.8 Å². The summed E-state index contributed by atoms with van der Waals surface area (Å²) in [6, 6.07) is 0. The Morgan fingerprint density at radius 1 is 1.36 bits per heavy atom. The number of hydrogen-bond donors (Lipinski definition) is 1. The number of hydrogen-bond acceptors (Lipinski definition) is 2. The van der Waals surface area contributed by atoms with Gasteiger partial charge in [0.15, 0.2) is 0 Å². The zero-order valence-electron chi connectivity index (χ0n) is 6.17. The Labute approximate surface area is 69.2 Å². The molecule has 0 aliphatic carbocycles. The molecule has 0 radical (unpaired) electrons. The molecule has 66 valence electrons. The van der Waals surface area contributed by atoms with E-state index >= 15 is 0 Å². The van der Waals surface area contributed by atoms with E-state index in [1.54, 1.807) is 11.8 Å². The molecule has 1 fully saturated rings. The van der Waals surface area contributed by atoms with Crippen LogP contribution in [-0.4, -0.2) is 29.6 Å². The molecule has 0 aromatic rings. The second-order valence-corrected chi connectivity index (χ2v) is 3.94. The zero-order valence-corrected chi connectivity index (χ0v) is 6.99. The third-order valence-corrected chi connectivity index (χ3v) is 3.37. The molecule has 1 aliphatic rings. The first-order chi connectivity index (χ1) is 5.24. The zero-order chi connectivity index (χ0) is 8.27. The van der Waals surface area contributed by atoms with E-state index in [0.29, 0.717) is 0 Å². The number of aliphatic hydroxyl groups excluding tert-OH is 1. The summed E-state index contributed by atoms with van der Waals surface area (Å²) in [5, 5.41) is 8.79.